The molecule has 0 bridgehead atoms. The van der Waals surface area contributed by atoms with Crippen molar-refractivity contribution < 1.29 is 13.2 Å². The summed E-state index contributed by atoms with van der Waals surface area (Å²) in [5, 5.41) is 0. The molecule has 0 aliphatic carbocycles. The minimum absolute atomic E-state index is 0.244. The van der Waals surface area contributed by atoms with Gasteiger partial charge in [0.25, 0.3) is 0 Å². The number of benzene rings is 3. The van der Waals surface area contributed by atoms with Gasteiger partial charge < -0.3 is 0 Å². The zero-order chi connectivity index (χ0) is 23.6. The third-order valence-corrected chi connectivity index (χ3v) is 5.34. The molecule has 0 unspecified atom stereocenters. The molecule has 0 aliphatic rings. The molecule has 3 aromatic rings. The zero-order valence-corrected chi connectivity index (χ0v) is 19.1. The largest absolute Gasteiger partial charge is 0.206 e. The first-order chi connectivity index (χ1) is 16.0. The second-order valence-corrected chi connectivity index (χ2v) is 8.03. The van der Waals surface area contributed by atoms with Crippen molar-refractivity contribution in [3.8, 4) is 23.7 Å². The predicted octanol–water partition coefficient (Wildman–Crippen LogP) is 7.59. The number of unbranched alkanes of at least 4 members (excludes halogenated alkanes) is 2. The highest BCUT2D eigenvalue weighted by Gasteiger charge is 2.09. The number of hydrogen-bond donors (Lipinski definition) is 0. The van der Waals surface area contributed by atoms with E-state index in [0.29, 0.717) is 17.5 Å². The van der Waals surface area contributed by atoms with Gasteiger partial charge >= 0.3 is 0 Å². The monoisotopic (exact) mass is 444 g/mol. The summed E-state index contributed by atoms with van der Waals surface area (Å²) in [7, 11) is 0. The van der Waals surface area contributed by atoms with Crippen LogP contribution in [0.3, 0.4) is 0 Å². The molecule has 3 heteroatoms. The van der Waals surface area contributed by atoms with E-state index in [1.54, 1.807) is 6.07 Å². The van der Waals surface area contributed by atoms with Crippen LogP contribution >= 0.6 is 0 Å². The standard InChI is InChI=1S/C30H27F3/c1-3-5-7-22-9-11-23(12-10-22)13-16-26-17-14-24(19-28(26)31)15-18-27-29(32)20-25(8-6-4-2)21-30(27)33/h9-12,14,17,19-21H,3-8H2,1-2H3. The summed E-state index contributed by atoms with van der Waals surface area (Å²) in [5.74, 6) is 9.05. The van der Waals surface area contributed by atoms with E-state index in [4.69, 9.17) is 0 Å². The van der Waals surface area contributed by atoms with Gasteiger partial charge in [-0.15, -0.1) is 0 Å². The minimum atomic E-state index is -0.697. The number of halogens is 3. The van der Waals surface area contributed by atoms with Crippen LogP contribution in [0, 0.1) is 41.1 Å². The Labute approximate surface area is 194 Å². The van der Waals surface area contributed by atoms with Crippen molar-refractivity contribution >= 4 is 0 Å². The van der Waals surface area contributed by atoms with E-state index in [1.807, 2.05) is 31.2 Å². The fraction of sp³-hybridized carbons (Fsp3) is 0.267. The van der Waals surface area contributed by atoms with Crippen LogP contribution in [0.1, 0.15) is 72.9 Å². The minimum Gasteiger partial charge on any atom is -0.206 e. The second-order valence-electron chi connectivity index (χ2n) is 8.03. The molecule has 33 heavy (non-hydrogen) atoms. The van der Waals surface area contributed by atoms with Gasteiger partial charge in [-0.05, 0) is 79.3 Å². The van der Waals surface area contributed by atoms with Crippen molar-refractivity contribution in [3.63, 3.8) is 0 Å². The molecular weight excluding hydrogens is 417 g/mol. The smallest absolute Gasteiger partial charge is 0.142 e. The number of hydrogen-bond acceptors (Lipinski definition) is 0. The van der Waals surface area contributed by atoms with Crippen molar-refractivity contribution in [2.45, 2.75) is 52.4 Å². The average Bonchev–Trinajstić information content (AvgIpc) is 2.81. The van der Waals surface area contributed by atoms with Gasteiger partial charge in [0.15, 0.2) is 0 Å². The van der Waals surface area contributed by atoms with Crippen LogP contribution in [0.25, 0.3) is 0 Å². The fourth-order valence-electron chi connectivity index (χ4n) is 3.37. The number of rotatable bonds is 6. The maximum Gasteiger partial charge on any atom is 0.142 e. The van der Waals surface area contributed by atoms with E-state index in [2.05, 4.69) is 30.6 Å². The van der Waals surface area contributed by atoms with E-state index in [0.717, 1.165) is 37.7 Å². The SMILES string of the molecule is CCCCc1ccc(C#Cc2ccc(C#Cc3c(F)cc(CCCC)cc3F)cc2F)cc1. The van der Waals surface area contributed by atoms with Crippen molar-refractivity contribution in [2.75, 3.05) is 0 Å². The summed E-state index contributed by atoms with van der Waals surface area (Å²) in [6.07, 6.45) is 5.77. The Bertz CT molecular complexity index is 1190. The molecule has 0 aliphatic heterocycles. The quantitative estimate of drug-likeness (QED) is 0.344. The number of aryl methyl sites for hydroxylation is 2. The molecular formula is C30H27F3. The maximum absolute atomic E-state index is 14.5. The third-order valence-electron chi connectivity index (χ3n) is 5.34. The Kier molecular flexibility index (Phi) is 8.79. The Balaban J connectivity index is 1.74. The zero-order valence-electron chi connectivity index (χ0n) is 19.1. The van der Waals surface area contributed by atoms with Gasteiger partial charge in [-0.3, -0.25) is 0 Å². The van der Waals surface area contributed by atoms with E-state index in [1.165, 1.54) is 29.8 Å². The molecule has 0 amide bonds. The topological polar surface area (TPSA) is 0 Å². The molecule has 0 nitrogen and oxygen atoms in total. The Morgan fingerprint density at radius 2 is 1.15 bits per heavy atom. The van der Waals surface area contributed by atoms with E-state index < -0.39 is 17.5 Å². The lowest BCUT2D eigenvalue weighted by Gasteiger charge is -2.03. The van der Waals surface area contributed by atoms with Crippen molar-refractivity contribution in [2.24, 2.45) is 0 Å². The molecule has 0 saturated carbocycles. The summed E-state index contributed by atoms with van der Waals surface area (Å²) in [6, 6.07) is 15.0. The van der Waals surface area contributed by atoms with Crippen LogP contribution in [0.5, 0.6) is 0 Å². The van der Waals surface area contributed by atoms with Crippen LogP contribution in [0.2, 0.25) is 0 Å². The Morgan fingerprint density at radius 3 is 1.76 bits per heavy atom. The summed E-state index contributed by atoms with van der Waals surface area (Å²) < 4.78 is 43.1. The molecule has 0 aromatic heterocycles. The lowest BCUT2D eigenvalue weighted by atomic mass is 10.0. The van der Waals surface area contributed by atoms with Gasteiger partial charge in [0.2, 0.25) is 0 Å². The summed E-state index contributed by atoms with van der Waals surface area (Å²) in [4.78, 5) is 0. The molecule has 0 heterocycles. The van der Waals surface area contributed by atoms with E-state index >= 15 is 0 Å². The molecule has 0 N–H and O–H groups in total. The van der Waals surface area contributed by atoms with Crippen LogP contribution in [0.15, 0.2) is 54.6 Å². The normalized spacial score (nSPS) is 10.2. The maximum atomic E-state index is 14.5. The second kappa shape index (κ2) is 12.0. The highest BCUT2D eigenvalue weighted by molar-refractivity contribution is 5.49. The van der Waals surface area contributed by atoms with Crippen molar-refractivity contribution in [3.05, 3.63) is 105 Å². The van der Waals surface area contributed by atoms with Gasteiger partial charge in [-0.2, -0.15) is 0 Å². The first-order valence-corrected chi connectivity index (χ1v) is 11.4. The average molecular weight is 445 g/mol. The molecule has 0 radical (unpaired) electrons. The Morgan fingerprint density at radius 1 is 0.576 bits per heavy atom. The summed E-state index contributed by atoms with van der Waals surface area (Å²) in [5.41, 5.74) is 2.95. The van der Waals surface area contributed by atoms with Crippen LogP contribution < -0.4 is 0 Å². The van der Waals surface area contributed by atoms with Crippen LogP contribution in [0.4, 0.5) is 13.2 Å². The van der Waals surface area contributed by atoms with Gasteiger partial charge in [-0.1, -0.05) is 62.5 Å². The molecule has 0 saturated heterocycles. The first kappa shape index (κ1) is 24.2. The highest BCUT2D eigenvalue weighted by Crippen LogP contribution is 2.17. The van der Waals surface area contributed by atoms with E-state index in [-0.39, 0.29) is 11.1 Å². The highest BCUT2D eigenvalue weighted by atomic mass is 19.1. The van der Waals surface area contributed by atoms with Crippen LogP contribution in [-0.4, -0.2) is 0 Å². The molecule has 3 aromatic carbocycles. The molecule has 0 spiro atoms. The van der Waals surface area contributed by atoms with Crippen molar-refractivity contribution in [1.82, 2.24) is 0 Å². The van der Waals surface area contributed by atoms with Gasteiger partial charge in [-0.25, -0.2) is 13.2 Å². The first-order valence-electron chi connectivity index (χ1n) is 11.4. The summed E-state index contributed by atoms with van der Waals surface area (Å²) >= 11 is 0. The van der Waals surface area contributed by atoms with Crippen LogP contribution in [-0.2, 0) is 12.8 Å². The van der Waals surface area contributed by atoms with Gasteiger partial charge in [0.05, 0.1) is 11.1 Å². The predicted molar refractivity (Wildman–Crippen MR) is 128 cm³/mol. The fourth-order valence-corrected chi connectivity index (χ4v) is 3.37. The van der Waals surface area contributed by atoms with E-state index in [9.17, 15) is 13.2 Å². The third kappa shape index (κ3) is 7.03. The Hall–Kier alpha value is -3.43. The van der Waals surface area contributed by atoms with Gasteiger partial charge in [0.1, 0.15) is 17.5 Å². The lowest BCUT2D eigenvalue weighted by molar-refractivity contribution is 0.572. The molecule has 3 rings (SSSR count). The lowest BCUT2D eigenvalue weighted by Crippen LogP contribution is -1.95. The molecule has 168 valence electrons. The van der Waals surface area contributed by atoms with Crippen molar-refractivity contribution in [1.29, 1.82) is 0 Å². The molecule has 0 fully saturated rings. The molecule has 0 atom stereocenters. The summed E-state index contributed by atoms with van der Waals surface area (Å²) in [6.45, 7) is 4.18. The van der Waals surface area contributed by atoms with Gasteiger partial charge in [0, 0.05) is 11.1 Å².